The van der Waals surface area contributed by atoms with Crippen LogP contribution in [-0.4, -0.2) is 0 Å². The highest BCUT2D eigenvalue weighted by atomic mass is 79.9. The van der Waals surface area contributed by atoms with Crippen LogP contribution in [0.2, 0.25) is 10.0 Å². The first-order valence-electron chi connectivity index (χ1n) is 5.39. The quantitative estimate of drug-likeness (QED) is 0.624. The molecule has 0 spiro atoms. The van der Waals surface area contributed by atoms with E-state index in [2.05, 4.69) is 21.4 Å². The van der Waals surface area contributed by atoms with E-state index in [1.54, 1.807) is 30.3 Å². The Labute approximate surface area is 128 Å². The van der Waals surface area contributed by atoms with Crippen LogP contribution in [0.3, 0.4) is 0 Å². The summed E-state index contributed by atoms with van der Waals surface area (Å²) in [5, 5.41) is 0.881. The standard InChI is InChI=1S/C13H10BrCl2FN2/c14-12-8(2-1-3-11(12)17)13(19-18)7-4-5-9(15)10(16)6-7/h1-6,13,19H,18H2. The average Bonchev–Trinajstić information content (AvgIpc) is 2.39. The van der Waals surface area contributed by atoms with Crippen LogP contribution in [0.1, 0.15) is 17.2 Å². The maximum atomic E-state index is 13.6. The number of nitrogens with one attached hydrogen (secondary N) is 1. The first kappa shape index (κ1) is 14.8. The van der Waals surface area contributed by atoms with Gasteiger partial charge in [-0.3, -0.25) is 5.84 Å². The Bertz CT molecular complexity index is 607. The third-order valence-corrected chi connectivity index (χ3v) is 4.31. The molecule has 2 nitrogen and oxygen atoms in total. The molecule has 0 bridgehead atoms. The van der Waals surface area contributed by atoms with Gasteiger partial charge in [0.15, 0.2) is 0 Å². The highest BCUT2D eigenvalue weighted by molar-refractivity contribution is 9.10. The molecule has 2 aromatic carbocycles. The lowest BCUT2D eigenvalue weighted by Crippen LogP contribution is -2.29. The summed E-state index contributed by atoms with van der Waals surface area (Å²) in [5.74, 6) is 5.23. The van der Waals surface area contributed by atoms with Gasteiger partial charge in [-0.25, -0.2) is 9.82 Å². The van der Waals surface area contributed by atoms with E-state index in [0.717, 1.165) is 5.56 Å². The van der Waals surface area contributed by atoms with Crippen LogP contribution in [0, 0.1) is 5.82 Å². The number of rotatable bonds is 3. The second-order valence-corrected chi connectivity index (χ2v) is 5.52. The van der Waals surface area contributed by atoms with Gasteiger partial charge >= 0.3 is 0 Å². The van der Waals surface area contributed by atoms with Crippen molar-refractivity contribution < 1.29 is 4.39 Å². The van der Waals surface area contributed by atoms with Crippen molar-refractivity contribution in [3.05, 3.63) is 67.9 Å². The van der Waals surface area contributed by atoms with Gasteiger partial charge in [-0.05, 0) is 45.3 Å². The van der Waals surface area contributed by atoms with E-state index < -0.39 is 0 Å². The lowest BCUT2D eigenvalue weighted by atomic mass is 9.99. The molecule has 0 radical (unpaired) electrons. The van der Waals surface area contributed by atoms with Crippen LogP contribution < -0.4 is 11.3 Å². The van der Waals surface area contributed by atoms with Crippen molar-refractivity contribution in [2.75, 3.05) is 0 Å². The summed E-state index contributed by atoms with van der Waals surface area (Å²) < 4.78 is 13.9. The van der Waals surface area contributed by atoms with E-state index in [1.807, 2.05) is 0 Å². The maximum absolute atomic E-state index is 13.6. The molecule has 0 aliphatic heterocycles. The number of hydrogen-bond donors (Lipinski definition) is 2. The molecule has 1 unspecified atom stereocenters. The van der Waals surface area contributed by atoms with Crippen molar-refractivity contribution in [2.24, 2.45) is 5.84 Å². The normalized spacial score (nSPS) is 12.5. The van der Waals surface area contributed by atoms with Crippen molar-refractivity contribution >= 4 is 39.1 Å². The van der Waals surface area contributed by atoms with E-state index in [9.17, 15) is 4.39 Å². The SMILES string of the molecule is NNC(c1ccc(Cl)c(Cl)c1)c1cccc(F)c1Br. The molecule has 0 aliphatic carbocycles. The van der Waals surface area contributed by atoms with Crippen LogP contribution in [0.25, 0.3) is 0 Å². The molecule has 19 heavy (non-hydrogen) atoms. The van der Waals surface area contributed by atoms with Crippen LogP contribution >= 0.6 is 39.1 Å². The molecule has 100 valence electrons. The lowest BCUT2D eigenvalue weighted by molar-refractivity contribution is 0.597. The Morgan fingerprint density at radius 1 is 1.16 bits per heavy atom. The first-order chi connectivity index (χ1) is 9.04. The highest BCUT2D eigenvalue weighted by Crippen LogP contribution is 2.32. The Morgan fingerprint density at radius 2 is 1.89 bits per heavy atom. The largest absolute Gasteiger partial charge is 0.271 e. The molecule has 2 aromatic rings. The molecule has 0 aliphatic rings. The number of halogens is 4. The van der Waals surface area contributed by atoms with Gasteiger partial charge in [-0.15, -0.1) is 0 Å². The zero-order valence-electron chi connectivity index (χ0n) is 9.63. The number of nitrogens with two attached hydrogens (primary N) is 1. The maximum Gasteiger partial charge on any atom is 0.137 e. The molecule has 3 N–H and O–H groups in total. The third-order valence-electron chi connectivity index (χ3n) is 2.74. The monoisotopic (exact) mass is 362 g/mol. The minimum Gasteiger partial charge on any atom is -0.271 e. The van der Waals surface area contributed by atoms with Crippen molar-refractivity contribution in [2.45, 2.75) is 6.04 Å². The Morgan fingerprint density at radius 3 is 2.53 bits per heavy atom. The van der Waals surface area contributed by atoms with Gasteiger partial charge in [0.05, 0.1) is 20.6 Å². The van der Waals surface area contributed by atoms with Gasteiger partial charge in [-0.1, -0.05) is 41.4 Å². The summed E-state index contributed by atoms with van der Waals surface area (Å²) in [6.45, 7) is 0. The summed E-state index contributed by atoms with van der Waals surface area (Å²) in [7, 11) is 0. The second-order valence-electron chi connectivity index (χ2n) is 3.92. The predicted octanol–water partition coefficient (Wildman–Crippen LogP) is 4.45. The number of benzene rings is 2. The van der Waals surface area contributed by atoms with Gasteiger partial charge in [0.25, 0.3) is 0 Å². The minimum atomic E-state index is -0.389. The average molecular weight is 364 g/mol. The fourth-order valence-electron chi connectivity index (χ4n) is 1.80. The zero-order valence-corrected chi connectivity index (χ0v) is 12.7. The zero-order chi connectivity index (χ0) is 14.0. The number of hydrazine groups is 1. The molecule has 0 saturated heterocycles. The molecule has 6 heteroatoms. The Balaban J connectivity index is 2.50. The fourth-order valence-corrected chi connectivity index (χ4v) is 2.60. The third kappa shape index (κ3) is 3.09. The molecule has 0 amide bonds. The van der Waals surface area contributed by atoms with Gasteiger partial charge in [0, 0.05) is 0 Å². The van der Waals surface area contributed by atoms with Gasteiger partial charge in [0.2, 0.25) is 0 Å². The number of hydrogen-bond acceptors (Lipinski definition) is 2. The molecule has 0 saturated carbocycles. The second kappa shape index (κ2) is 6.20. The topological polar surface area (TPSA) is 38.0 Å². The van der Waals surface area contributed by atoms with Gasteiger partial charge in [-0.2, -0.15) is 0 Å². The van der Waals surface area contributed by atoms with Gasteiger partial charge < -0.3 is 0 Å². The first-order valence-corrected chi connectivity index (χ1v) is 6.94. The predicted molar refractivity (Wildman–Crippen MR) is 79.7 cm³/mol. The molecule has 0 heterocycles. The Kier molecular flexibility index (Phi) is 4.81. The summed E-state index contributed by atoms with van der Waals surface area (Å²) in [5.41, 5.74) is 4.13. The smallest absolute Gasteiger partial charge is 0.137 e. The molecule has 1 atom stereocenters. The molecule has 2 rings (SSSR count). The lowest BCUT2D eigenvalue weighted by Gasteiger charge is -2.19. The molecule has 0 fully saturated rings. The van der Waals surface area contributed by atoms with E-state index in [0.29, 0.717) is 20.1 Å². The van der Waals surface area contributed by atoms with Crippen molar-refractivity contribution in [3.63, 3.8) is 0 Å². The van der Waals surface area contributed by atoms with Crippen molar-refractivity contribution in [1.82, 2.24) is 5.43 Å². The molecular formula is C13H10BrCl2FN2. The van der Waals surface area contributed by atoms with Crippen molar-refractivity contribution in [1.29, 1.82) is 0 Å². The van der Waals surface area contributed by atoms with E-state index in [1.165, 1.54) is 6.07 Å². The van der Waals surface area contributed by atoms with E-state index in [-0.39, 0.29) is 11.9 Å². The summed E-state index contributed by atoms with van der Waals surface area (Å²) >= 11 is 15.1. The van der Waals surface area contributed by atoms with Crippen molar-refractivity contribution in [3.8, 4) is 0 Å². The van der Waals surface area contributed by atoms with Gasteiger partial charge in [0.1, 0.15) is 5.82 Å². The summed E-state index contributed by atoms with van der Waals surface area (Å²) in [4.78, 5) is 0. The van der Waals surface area contributed by atoms with Crippen LogP contribution in [-0.2, 0) is 0 Å². The van der Waals surface area contributed by atoms with Crippen LogP contribution in [0.4, 0.5) is 4.39 Å². The van der Waals surface area contributed by atoms with Crippen LogP contribution in [0.15, 0.2) is 40.9 Å². The minimum absolute atomic E-state index is 0.349. The molecule has 0 aromatic heterocycles. The summed E-state index contributed by atoms with van der Waals surface area (Å²) in [6, 6.07) is 9.55. The summed E-state index contributed by atoms with van der Waals surface area (Å²) in [6.07, 6.45) is 0. The fraction of sp³-hybridized carbons (Fsp3) is 0.0769. The van der Waals surface area contributed by atoms with E-state index in [4.69, 9.17) is 29.0 Å². The van der Waals surface area contributed by atoms with E-state index >= 15 is 0 Å². The highest BCUT2D eigenvalue weighted by Gasteiger charge is 2.18. The Hall–Kier alpha value is -0.650. The molecular weight excluding hydrogens is 354 g/mol. The van der Waals surface area contributed by atoms with Crippen LogP contribution in [0.5, 0.6) is 0 Å².